The number of pyridine rings is 1. The van der Waals surface area contributed by atoms with Crippen molar-refractivity contribution >= 4 is 29.3 Å². The number of nitrogens with zero attached hydrogens (tertiary/aromatic N) is 1. The molecule has 1 aliphatic heterocycles. The number of fused-ring (bicyclic) bond motifs is 1. The number of carbonyl (C=O) groups excluding carboxylic acids is 2. The van der Waals surface area contributed by atoms with Crippen LogP contribution in [0.5, 0.6) is 11.5 Å². The summed E-state index contributed by atoms with van der Waals surface area (Å²) in [7, 11) is 0. The third-order valence-electron chi connectivity index (χ3n) is 4.52. The fourth-order valence-electron chi connectivity index (χ4n) is 3.03. The van der Waals surface area contributed by atoms with Crippen LogP contribution in [0.25, 0.3) is 0 Å². The highest BCUT2D eigenvalue weighted by Gasteiger charge is 2.17. The summed E-state index contributed by atoms with van der Waals surface area (Å²) < 4.78 is 10.7. The minimum atomic E-state index is -0.316. The summed E-state index contributed by atoms with van der Waals surface area (Å²) in [5.74, 6) is 0.747. The predicted octanol–water partition coefficient (Wildman–Crippen LogP) is 3.71. The monoisotopic (exact) mass is 421 g/mol. The molecule has 152 valence electrons. The number of benzene rings is 2. The third-order valence-corrected chi connectivity index (χ3v) is 5.23. The Hall–Kier alpha value is -3.52. The lowest BCUT2D eigenvalue weighted by molar-refractivity contribution is 0.0951. The van der Waals surface area contributed by atoms with Crippen LogP contribution in [0.3, 0.4) is 0 Å². The highest BCUT2D eigenvalue weighted by atomic mass is 32.2. The molecule has 2 N–H and O–H groups in total. The van der Waals surface area contributed by atoms with Crippen LogP contribution in [0, 0.1) is 0 Å². The highest BCUT2D eigenvalue weighted by molar-refractivity contribution is 7.98. The topological polar surface area (TPSA) is 89.6 Å². The molecule has 0 saturated carbocycles. The first-order valence-electron chi connectivity index (χ1n) is 9.22. The van der Waals surface area contributed by atoms with E-state index in [-0.39, 0.29) is 18.6 Å². The van der Waals surface area contributed by atoms with E-state index in [1.807, 2.05) is 24.5 Å². The maximum Gasteiger partial charge on any atom is 0.258 e. The molecule has 0 atom stereocenters. The number of carbonyl (C=O) groups is 2. The van der Waals surface area contributed by atoms with E-state index in [0.29, 0.717) is 39.9 Å². The summed E-state index contributed by atoms with van der Waals surface area (Å²) in [5, 5.41) is 6.33. The minimum Gasteiger partial charge on any atom is -0.454 e. The Balaban J connectivity index is 1.47. The Kier molecular flexibility index (Phi) is 5.85. The van der Waals surface area contributed by atoms with Crippen molar-refractivity contribution in [3.63, 3.8) is 0 Å². The number of nitrogens with one attached hydrogen (secondary N) is 2. The van der Waals surface area contributed by atoms with Crippen molar-refractivity contribution in [2.75, 3.05) is 18.4 Å². The second-order valence-corrected chi connectivity index (χ2v) is 7.23. The van der Waals surface area contributed by atoms with Crippen LogP contribution in [0.15, 0.2) is 65.8 Å². The summed E-state index contributed by atoms with van der Waals surface area (Å²) in [4.78, 5) is 29.7. The van der Waals surface area contributed by atoms with Gasteiger partial charge in [-0.25, -0.2) is 4.98 Å². The number of para-hydroxylation sites is 1. The van der Waals surface area contributed by atoms with Crippen molar-refractivity contribution in [1.82, 2.24) is 10.3 Å². The van der Waals surface area contributed by atoms with Crippen LogP contribution < -0.4 is 20.1 Å². The summed E-state index contributed by atoms with van der Waals surface area (Å²) in [6.07, 6.45) is 3.50. The average Bonchev–Trinajstić information content (AvgIpc) is 3.25. The molecule has 0 unspecified atom stereocenters. The highest BCUT2D eigenvalue weighted by Crippen LogP contribution is 2.32. The normalized spacial score (nSPS) is 11.8. The molecule has 1 aliphatic rings. The second kappa shape index (κ2) is 8.87. The Morgan fingerprint density at radius 2 is 1.80 bits per heavy atom. The fourth-order valence-corrected chi connectivity index (χ4v) is 3.58. The van der Waals surface area contributed by atoms with Gasteiger partial charge in [-0.3, -0.25) is 9.59 Å². The van der Waals surface area contributed by atoms with Crippen molar-refractivity contribution in [3.05, 3.63) is 77.5 Å². The molecule has 0 fully saturated rings. The van der Waals surface area contributed by atoms with Crippen LogP contribution in [-0.4, -0.2) is 29.8 Å². The van der Waals surface area contributed by atoms with Crippen molar-refractivity contribution in [1.29, 1.82) is 0 Å². The standard InChI is InChI=1S/C22H19N3O4S/c1-30-22-16(6-4-10-23-22)21(27)25-17-7-3-2-5-15(17)20(26)24-12-14-8-9-18-19(11-14)29-13-28-18/h2-11H,12-13H2,1H3,(H,24,26)(H,25,27). The molecule has 0 radical (unpaired) electrons. The Morgan fingerprint density at radius 1 is 1.00 bits per heavy atom. The Morgan fingerprint density at radius 3 is 2.67 bits per heavy atom. The molecule has 7 nitrogen and oxygen atoms in total. The smallest absolute Gasteiger partial charge is 0.258 e. The van der Waals surface area contributed by atoms with Crippen LogP contribution in [0.4, 0.5) is 5.69 Å². The zero-order valence-corrected chi connectivity index (χ0v) is 17.0. The van der Waals surface area contributed by atoms with Gasteiger partial charge in [0.15, 0.2) is 11.5 Å². The molecule has 4 rings (SSSR count). The zero-order valence-electron chi connectivity index (χ0n) is 16.2. The van der Waals surface area contributed by atoms with Gasteiger partial charge in [0, 0.05) is 12.7 Å². The second-order valence-electron chi connectivity index (χ2n) is 6.43. The first-order valence-corrected chi connectivity index (χ1v) is 10.4. The number of hydrogen-bond donors (Lipinski definition) is 2. The van der Waals surface area contributed by atoms with Gasteiger partial charge in [-0.1, -0.05) is 18.2 Å². The molecule has 1 aromatic heterocycles. The lowest BCUT2D eigenvalue weighted by Gasteiger charge is -2.12. The van der Waals surface area contributed by atoms with E-state index in [1.54, 1.807) is 42.6 Å². The van der Waals surface area contributed by atoms with E-state index < -0.39 is 0 Å². The van der Waals surface area contributed by atoms with E-state index in [9.17, 15) is 9.59 Å². The summed E-state index contributed by atoms with van der Waals surface area (Å²) >= 11 is 1.39. The van der Waals surface area contributed by atoms with Crippen LogP contribution >= 0.6 is 11.8 Å². The van der Waals surface area contributed by atoms with Gasteiger partial charge in [-0.2, -0.15) is 0 Å². The van der Waals surface area contributed by atoms with Crippen LogP contribution in [-0.2, 0) is 6.54 Å². The lowest BCUT2D eigenvalue weighted by atomic mass is 10.1. The number of amides is 2. The molecular weight excluding hydrogens is 402 g/mol. The zero-order chi connectivity index (χ0) is 20.9. The van der Waals surface area contributed by atoms with Crippen LogP contribution in [0.2, 0.25) is 0 Å². The Labute approximate surface area is 177 Å². The van der Waals surface area contributed by atoms with E-state index in [2.05, 4.69) is 15.6 Å². The number of anilines is 1. The maximum absolute atomic E-state index is 12.8. The van der Waals surface area contributed by atoms with Gasteiger partial charge in [0.05, 0.1) is 16.8 Å². The minimum absolute atomic E-state index is 0.202. The molecule has 0 bridgehead atoms. The Bertz CT molecular complexity index is 1100. The molecule has 30 heavy (non-hydrogen) atoms. The number of hydrogen-bond acceptors (Lipinski definition) is 6. The van der Waals surface area contributed by atoms with Gasteiger partial charge in [-0.15, -0.1) is 11.8 Å². The quantitative estimate of drug-likeness (QED) is 0.590. The maximum atomic E-state index is 12.8. The summed E-state index contributed by atoms with van der Waals surface area (Å²) in [5.41, 5.74) is 2.15. The summed E-state index contributed by atoms with van der Waals surface area (Å²) in [6.45, 7) is 0.518. The first-order chi connectivity index (χ1) is 14.7. The van der Waals surface area contributed by atoms with Crippen molar-refractivity contribution in [2.24, 2.45) is 0 Å². The fraction of sp³-hybridized carbons (Fsp3) is 0.136. The first kappa shape index (κ1) is 19.8. The van der Waals surface area contributed by atoms with Crippen LogP contribution in [0.1, 0.15) is 26.3 Å². The number of aromatic nitrogens is 1. The SMILES string of the molecule is CSc1ncccc1C(=O)Nc1ccccc1C(=O)NCc1ccc2c(c1)OCO2. The van der Waals surface area contributed by atoms with E-state index in [1.165, 1.54) is 11.8 Å². The molecular formula is C22H19N3O4S. The largest absolute Gasteiger partial charge is 0.454 e. The molecule has 2 heterocycles. The van der Waals surface area contributed by atoms with Gasteiger partial charge in [0.1, 0.15) is 5.03 Å². The van der Waals surface area contributed by atoms with Crippen molar-refractivity contribution < 1.29 is 19.1 Å². The number of thioether (sulfide) groups is 1. The van der Waals surface area contributed by atoms with Crippen molar-refractivity contribution in [2.45, 2.75) is 11.6 Å². The molecule has 2 amide bonds. The molecule has 2 aromatic carbocycles. The van der Waals surface area contributed by atoms with Gasteiger partial charge in [0.25, 0.3) is 11.8 Å². The molecule has 0 saturated heterocycles. The predicted molar refractivity (Wildman–Crippen MR) is 114 cm³/mol. The van der Waals surface area contributed by atoms with E-state index >= 15 is 0 Å². The summed E-state index contributed by atoms with van der Waals surface area (Å²) in [6, 6.07) is 15.8. The van der Waals surface area contributed by atoms with E-state index in [0.717, 1.165) is 5.56 Å². The molecule has 0 spiro atoms. The number of rotatable bonds is 6. The average molecular weight is 421 g/mol. The van der Waals surface area contributed by atoms with E-state index in [4.69, 9.17) is 9.47 Å². The molecule has 8 heteroatoms. The van der Waals surface area contributed by atoms with Gasteiger partial charge >= 0.3 is 0 Å². The lowest BCUT2D eigenvalue weighted by Crippen LogP contribution is -2.25. The van der Waals surface area contributed by atoms with Gasteiger partial charge in [0.2, 0.25) is 6.79 Å². The molecule has 0 aliphatic carbocycles. The molecule has 3 aromatic rings. The number of ether oxygens (including phenoxy) is 2. The van der Waals surface area contributed by atoms with Gasteiger partial charge < -0.3 is 20.1 Å². The van der Waals surface area contributed by atoms with Gasteiger partial charge in [-0.05, 0) is 48.2 Å². The third kappa shape index (κ3) is 4.23. The van der Waals surface area contributed by atoms with Crippen molar-refractivity contribution in [3.8, 4) is 11.5 Å².